The van der Waals surface area contributed by atoms with Crippen molar-refractivity contribution in [2.24, 2.45) is 5.92 Å². The number of esters is 4. The molecule has 0 saturated carbocycles. The summed E-state index contributed by atoms with van der Waals surface area (Å²) in [7, 11) is -9.88. The van der Waals surface area contributed by atoms with E-state index in [4.69, 9.17) is 37.0 Å². The number of phosphoric acid groups is 2. The number of carbonyl (C=O) groups is 4. The van der Waals surface area contributed by atoms with Crippen LogP contribution in [-0.2, 0) is 65.4 Å². The van der Waals surface area contributed by atoms with Crippen molar-refractivity contribution in [1.82, 2.24) is 0 Å². The summed E-state index contributed by atoms with van der Waals surface area (Å²) in [6.45, 7) is 7.13. The van der Waals surface area contributed by atoms with Crippen molar-refractivity contribution in [2.45, 2.75) is 361 Å². The lowest BCUT2D eigenvalue weighted by molar-refractivity contribution is -0.161. The number of phosphoric ester groups is 2. The molecule has 0 heterocycles. The molecule has 0 aromatic heterocycles. The Hall–Kier alpha value is -1.94. The van der Waals surface area contributed by atoms with E-state index < -0.39 is 97.5 Å². The fourth-order valence-corrected chi connectivity index (χ4v) is 11.7. The first kappa shape index (κ1) is 84.1. The number of carbonyl (C=O) groups excluding carboxylic acids is 4. The molecule has 0 aromatic carbocycles. The lowest BCUT2D eigenvalue weighted by Crippen LogP contribution is -2.30. The van der Waals surface area contributed by atoms with Crippen molar-refractivity contribution < 1.29 is 80.2 Å². The fraction of sp³-hybridized carbons (Fsp3) is 0.940. The summed E-state index contributed by atoms with van der Waals surface area (Å²) in [6.07, 6.45) is 46.3. The van der Waals surface area contributed by atoms with Crippen LogP contribution in [0.25, 0.3) is 0 Å². The number of aliphatic hydroxyl groups excluding tert-OH is 1. The fourth-order valence-electron chi connectivity index (χ4n) is 10.1. The van der Waals surface area contributed by atoms with Crippen LogP contribution in [0.1, 0.15) is 343 Å². The molecule has 17 nitrogen and oxygen atoms in total. The largest absolute Gasteiger partial charge is 0.472 e. The first-order chi connectivity index (χ1) is 41.5. The molecular weight excluding hydrogens is 1140 g/mol. The van der Waals surface area contributed by atoms with E-state index >= 15 is 0 Å². The van der Waals surface area contributed by atoms with Crippen LogP contribution in [-0.4, -0.2) is 96.7 Å². The highest BCUT2D eigenvalue weighted by Crippen LogP contribution is 2.45. The molecule has 3 N–H and O–H groups in total. The van der Waals surface area contributed by atoms with Crippen molar-refractivity contribution in [2.75, 3.05) is 39.6 Å². The summed E-state index contributed by atoms with van der Waals surface area (Å²) in [4.78, 5) is 72.0. The van der Waals surface area contributed by atoms with E-state index in [9.17, 15) is 43.2 Å². The number of aliphatic hydroxyl groups is 1. The molecule has 0 spiro atoms. The minimum atomic E-state index is -4.95. The van der Waals surface area contributed by atoms with E-state index in [1.807, 2.05) is 0 Å². The average Bonchev–Trinajstić information content (AvgIpc) is 3.57. The van der Waals surface area contributed by atoms with Gasteiger partial charge in [0, 0.05) is 25.7 Å². The normalized spacial score (nSPS) is 14.2. The molecule has 0 amide bonds. The first-order valence-corrected chi connectivity index (χ1v) is 38.1. The lowest BCUT2D eigenvalue weighted by atomic mass is 10.0. The van der Waals surface area contributed by atoms with Gasteiger partial charge in [-0.3, -0.25) is 37.3 Å². The van der Waals surface area contributed by atoms with Crippen molar-refractivity contribution in [3.63, 3.8) is 0 Å². The summed E-state index contributed by atoms with van der Waals surface area (Å²) in [5.74, 6) is -1.35. The van der Waals surface area contributed by atoms with Crippen LogP contribution in [0.5, 0.6) is 0 Å². The van der Waals surface area contributed by atoms with Crippen molar-refractivity contribution in [3.05, 3.63) is 0 Å². The van der Waals surface area contributed by atoms with Gasteiger partial charge in [-0.2, -0.15) is 0 Å². The van der Waals surface area contributed by atoms with Gasteiger partial charge in [-0.05, 0) is 31.6 Å². The molecule has 5 atom stereocenters. The quantitative estimate of drug-likeness (QED) is 0.0222. The van der Waals surface area contributed by atoms with Crippen LogP contribution in [0, 0.1) is 5.92 Å². The number of ether oxygens (including phenoxy) is 4. The van der Waals surface area contributed by atoms with Crippen LogP contribution >= 0.6 is 15.6 Å². The van der Waals surface area contributed by atoms with E-state index in [0.29, 0.717) is 25.7 Å². The Bertz CT molecular complexity index is 1670. The predicted molar refractivity (Wildman–Crippen MR) is 345 cm³/mol. The van der Waals surface area contributed by atoms with Crippen molar-refractivity contribution >= 4 is 39.5 Å². The van der Waals surface area contributed by atoms with Gasteiger partial charge < -0.3 is 33.8 Å². The first-order valence-electron chi connectivity index (χ1n) is 35.1. The molecule has 0 radical (unpaired) electrons. The zero-order chi connectivity index (χ0) is 63.5. The third-order valence-corrected chi connectivity index (χ3v) is 17.4. The number of unbranched alkanes of at least 4 members (excludes halogenated alkanes) is 39. The molecule has 0 bridgehead atoms. The van der Waals surface area contributed by atoms with Crippen LogP contribution < -0.4 is 0 Å². The van der Waals surface area contributed by atoms with Gasteiger partial charge in [0.25, 0.3) is 0 Å². The topological polar surface area (TPSA) is 237 Å². The van der Waals surface area contributed by atoms with Gasteiger partial charge in [-0.1, -0.05) is 291 Å². The van der Waals surface area contributed by atoms with Crippen molar-refractivity contribution in [3.8, 4) is 0 Å². The number of rotatable bonds is 67. The Labute approximate surface area is 524 Å². The van der Waals surface area contributed by atoms with Crippen LogP contribution in [0.3, 0.4) is 0 Å². The smallest absolute Gasteiger partial charge is 0.462 e. The van der Waals surface area contributed by atoms with Gasteiger partial charge >= 0.3 is 39.5 Å². The lowest BCUT2D eigenvalue weighted by Gasteiger charge is -2.21. The van der Waals surface area contributed by atoms with Crippen LogP contribution in [0.4, 0.5) is 0 Å². The summed E-state index contributed by atoms with van der Waals surface area (Å²) in [6, 6.07) is 0. The molecule has 510 valence electrons. The zero-order valence-electron chi connectivity index (χ0n) is 55.4. The maximum absolute atomic E-state index is 13.0. The van der Waals surface area contributed by atoms with E-state index in [2.05, 4.69) is 34.6 Å². The average molecular weight is 1270 g/mol. The molecule has 86 heavy (non-hydrogen) atoms. The van der Waals surface area contributed by atoms with Gasteiger partial charge in [0.1, 0.15) is 19.3 Å². The molecule has 2 unspecified atom stereocenters. The number of hydrogen-bond donors (Lipinski definition) is 3. The second kappa shape index (κ2) is 60.6. The highest BCUT2D eigenvalue weighted by molar-refractivity contribution is 7.47. The third-order valence-electron chi connectivity index (χ3n) is 15.5. The Morgan fingerprint density at radius 1 is 0.314 bits per heavy atom. The standard InChI is InChI=1S/C67H130O17P2/c1-6-9-12-15-17-19-20-21-22-23-24-27-31-34-38-43-48-53-67(72)84-63(57-78-65(70)51-46-41-37-33-30-28-25-26-29-32-35-40-44-49-60(4)5)59-82-86(75,76)80-55-61(68)54-79-85(73,74)81-58-62(56-77-64(69)50-45-39-14-11-8-3)83-66(71)52-47-42-36-18-16-13-10-7-2/h60-63,68H,6-59H2,1-5H3,(H,73,74)(H,75,76)/t61-,62+,63+/m0/s1. The molecule has 0 rings (SSSR count). The minimum Gasteiger partial charge on any atom is -0.462 e. The summed E-state index contributed by atoms with van der Waals surface area (Å²) >= 11 is 0. The molecule has 0 aliphatic rings. The van der Waals surface area contributed by atoms with Crippen LogP contribution in [0.15, 0.2) is 0 Å². The van der Waals surface area contributed by atoms with Gasteiger partial charge in [0.05, 0.1) is 26.4 Å². The molecular formula is C67H130O17P2. The Morgan fingerprint density at radius 2 is 0.535 bits per heavy atom. The molecule has 0 aliphatic heterocycles. The highest BCUT2D eigenvalue weighted by atomic mass is 31.2. The molecule has 19 heteroatoms. The summed E-state index contributed by atoms with van der Waals surface area (Å²) in [5, 5.41) is 10.5. The van der Waals surface area contributed by atoms with Gasteiger partial charge in [-0.15, -0.1) is 0 Å². The maximum atomic E-state index is 13.0. The Morgan fingerprint density at radius 3 is 0.791 bits per heavy atom. The van der Waals surface area contributed by atoms with E-state index in [-0.39, 0.29) is 25.7 Å². The predicted octanol–water partition coefficient (Wildman–Crippen LogP) is 19.0. The van der Waals surface area contributed by atoms with Crippen molar-refractivity contribution in [1.29, 1.82) is 0 Å². The van der Waals surface area contributed by atoms with Crippen LogP contribution in [0.2, 0.25) is 0 Å². The maximum Gasteiger partial charge on any atom is 0.472 e. The molecule has 0 fully saturated rings. The zero-order valence-corrected chi connectivity index (χ0v) is 57.2. The van der Waals surface area contributed by atoms with E-state index in [1.54, 1.807) is 0 Å². The van der Waals surface area contributed by atoms with Gasteiger partial charge in [0.2, 0.25) is 0 Å². The van der Waals surface area contributed by atoms with E-state index in [0.717, 1.165) is 109 Å². The Kier molecular flexibility index (Phi) is 59.2. The van der Waals surface area contributed by atoms with Gasteiger partial charge in [0.15, 0.2) is 12.2 Å². The van der Waals surface area contributed by atoms with E-state index in [1.165, 1.54) is 154 Å². The second-order valence-electron chi connectivity index (χ2n) is 24.7. The monoisotopic (exact) mass is 1270 g/mol. The molecule has 0 aliphatic carbocycles. The minimum absolute atomic E-state index is 0.104. The number of hydrogen-bond acceptors (Lipinski definition) is 15. The third kappa shape index (κ3) is 60.9. The highest BCUT2D eigenvalue weighted by Gasteiger charge is 2.30. The SMILES string of the molecule is CCCCCCCCCCCCCCCCCCCC(=O)O[C@H](COC(=O)CCCCCCCCCCCCCCCC(C)C)COP(=O)(O)OC[C@@H](O)COP(=O)(O)OC[C@@H](COC(=O)CCCCCCC)OC(=O)CCCCCCCCCC. The second-order valence-corrected chi connectivity index (χ2v) is 27.6. The summed E-state index contributed by atoms with van der Waals surface area (Å²) in [5.41, 5.74) is 0. The summed E-state index contributed by atoms with van der Waals surface area (Å²) < 4.78 is 67.9. The van der Waals surface area contributed by atoms with Gasteiger partial charge in [-0.25, -0.2) is 9.13 Å². The molecule has 0 saturated heterocycles. The molecule has 0 aromatic rings. The Balaban J connectivity index is 5.13.